The number of nitrogens with zero attached hydrogens (tertiary/aromatic N) is 1. The number of hydrogen-bond acceptors (Lipinski definition) is 4. The summed E-state index contributed by atoms with van der Waals surface area (Å²) >= 11 is 0. The number of para-hydroxylation sites is 1. The summed E-state index contributed by atoms with van der Waals surface area (Å²) in [6, 6.07) is 9.34. The van der Waals surface area contributed by atoms with Crippen LogP contribution in [0.2, 0.25) is 0 Å². The number of aromatic amines is 1. The van der Waals surface area contributed by atoms with Crippen LogP contribution < -0.4 is 5.32 Å². The number of pyridine rings is 1. The van der Waals surface area contributed by atoms with Crippen molar-refractivity contribution in [3.63, 3.8) is 0 Å². The summed E-state index contributed by atoms with van der Waals surface area (Å²) in [6.45, 7) is -0.175. The largest absolute Gasteiger partial charge is 0.353 e. The van der Waals surface area contributed by atoms with E-state index in [2.05, 4.69) is 15.3 Å². The number of aromatic nitrogens is 2. The minimum absolute atomic E-state index is 0.175. The molecule has 0 aliphatic rings. The Morgan fingerprint density at radius 3 is 2.77 bits per heavy atom. The average Bonchev–Trinajstić information content (AvgIpc) is 2.83. The number of rotatable bonds is 4. The van der Waals surface area contributed by atoms with E-state index in [1.807, 2.05) is 24.3 Å². The van der Waals surface area contributed by atoms with E-state index in [9.17, 15) is 13.2 Å². The van der Waals surface area contributed by atoms with Crippen molar-refractivity contribution in [2.75, 3.05) is 12.3 Å². The van der Waals surface area contributed by atoms with E-state index in [1.54, 1.807) is 12.3 Å². The summed E-state index contributed by atoms with van der Waals surface area (Å²) in [7, 11) is -4.10. The van der Waals surface area contributed by atoms with Gasteiger partial charge in [-0.15, -0.1) is 0 Å². The summed E-state index contributed by atoms with van der Waals surface area (Å²) in [6.07, 6.45) is 1.56. The normalized spacial score (nSPS) is 11.9. The van der Waals surface area contributed by atoms with Crippen LogP contribution >= 0.6 is 0 Å². The number of benzene rings is 1. The lowest BCUT2D eigenvalue weighted by molar-refractivity contribution is 0.0951. The molecule has 1 aromatic carbocycles. The molecule has 3 rings (SSSR count). The van der Waals surface area contributed by atoms with Crippen molar-refractivity contribution in [3.8, 4) is 0 Å². The lowest BCUT2D eigenvalue weighted by Gasteiger charge is -2.03. The molecule has 1 amide bonds. The van der Waals surface area contributed by atoms with Crippen molar-refractivity contribution in [3.05, 3.63) is 42.2 Å². The molecule has 3 N–H and O–H groups in total. The highest BCUT2D eigenvalue weighted by Gasteiger charge is 2.12. The molecule has 114 valence electrons. The Morgan fingerprint density at radius 2 is 2.00 bits per heavy atom. The highest BCUT2D eigenvalue weighted by atomic mass is 32.2. The predicted molar refractivity (Wildman–Crippen MR) is 82.3 cm³/mol. The molecular formula is C14H13N3O4S. The number of carbonyl (C=O) groups is 1. The first kappa shape index (κ1) is 14.5. The van der Waals surface area contributed by atoms with Gasteiger partial charge in [-0.05, 0) is 12.1 Å². The van der Waals surface area contributed by atoms with E-state index < -0.39 is 21.8 Å². The van der Waals surface area contributed by atoms with Gasteiger partial charge >= 0.3 is 0 Å². The second-order valence-corrected chi connectivity index (χ2v) is 6.40. The number of carbonyl (C=O) groups excluding carboxylic acids is 1. The zero-order valence-electron chi connectivity index (χ0n) is 11.4. The summed E-state index contributed by atoms with van der Waals surface area (Å²) in [5.41, 5.74) is 1.95. The third kappa shape index (κ3) is 2.92. The maximum atomic E-state index is 12.0. The highest BCUT2D eigenvalue weighted by molar-refractivity contribution is 7.85. The lowest BCUT2D eigenvalue weighted by atomic mass is 10.1. The summed E-state index contributed by atoms with van der Waals surface area (Å²) in [4.78, 5) is 19.2. The molecule has 0 fully saturated rings. The summed E-state index contributed by atoms with van der Waals surface area (Å²) in [5.74, 6) is -1.02. The molecule has 0 aliphatic carbocycles. The molecule has 0 bridgehead atoms. The Balaban J connectivity index is 1.88. The standard InChI is InChI=1S/C14H13N3O4S/c18-14(15-5-6-22(19,20)21)12-7-10-9-3-1-2-4-11(9)17-13(10)8-16-12/h1-4,7-8,17H,5-6H2,(H,15,18)(H,19,20,21). The smallest absolute Gasteiger partial charge is 0.269 e. The van der Waals surface area contributed by atoms with Gasteiger partial charge in [0, 0.05) is 22.8 Å². The first-order valence-corrected chi connectivity index (χ1v) is 8.15. The van der Waals surface area contributed by atoms with Crippen molar-refractivity contribution < 1.29 is 17.8 Å². The van der Waals surface area contributed by atoms with Crippen molar-refractivity contribution in [1.29, 1.82) is 0 Å². The van der Waals surface area contributed by atoms with Gasteiger partial charge in [-0.25, -0.2) is 4.98 Å². The van der Waals surface area contributed by atoms with Crippen LogP contribution in [0.4, 0.5) is 0 Å². The van der Waals surface area contributed by atoms with Crippen LogP contribution in [0.5, 0.6) is 0 Å². The van der Waals surface area contributed by atoms with Crippen LogP contribution in [0.15, 0.2) is 36.5 Å². The molecule has 0 spiro atoms. The van der Waals surface area contributed by atoms with Gasteiger partial charge in [0.2, 0.25) is 0 Å². The highest BCUT2D eigenvalue weighted by Crippen LogP contribution is 2.24. The third-order valence-corrected chi connectivity index (χ3v) is 3.99. The van der Waals surface area contributed by atoms with Crippen molar-refractivity contribution in [2.45, 2.75) is 0 Å². The molecule has 22 heavy (non-hydrogen) atoms. The maximum Gasteiger partial charge on any atom is 0.269 e. The van der Waals surface area contributed by atoms with Gasteiger partial charge in [0.15, 0.2) is 0 Å². The number of H-pyrrole nitrogens is 1. The molecule has 0 saturated heterocycles. The number of fused-ring (bicyclic) bond motifs is 3. The second kappa shape index (κ2) is 5.39. The van der Waals surface area contributed by atoms with Crippen LogP contribution in [0, 0.1) is 0 Å². The molecule has 3 aromatic rings. The van der Waals surface area contributed by atoms with Gasteiger partial charge in [0.25, 0.3) is 16.0 Å². The number of nitrogens with one attached hydrogen (secondary N) is 2. The van der Waals surface area contributed by atoms with Crippen molar-refractivity contribution in [1.82, 2.24) is 15.3 Å². The summed E-state index contributed by atoms with van der Waals surface area (Å²) in [5, 5.41) is 4.25. The van der Waals surface area contributed by atoms with Gasteiger partial charge in [-0.1, -0.05) is 18.2 Å². The van der Waals surface area contributed by atoms with Gasteiger partial charge in [-0.3, -0.25) is 9.35 Å². The molecule has 0 atom stereocenters. The van der Waals surface area contributed by atoms with Crippen molar-refractivity contribution in [2.24, 2.45) is 0 Å². The van der Waals surface area contributed by atoms with Crippen LogP contribution in [-0.2, 0) is 10.1 Å². The molecule has 8 heteroatoms. The number of hydrogen-bond donors (Lipinski definition) is 3. The van der Waals surface area contributed by atoms with Gasteiger partial charge in [-0.2, -0.15) is 8.42 Å². The van der Waals surface area contributed by atoms with Crippen LogP contribution in [-0.4, -0.2) is 41.1 Å². The van der Waals surface area contributed by atoms with Crippen LogP contribution in [0.1, 0.15) is 10.5 Å². The lowest BCUT2D eigenvalue weighted by Crippen LogP contribution is -2.29. The Labute approximate surface area is 126 Å². The molecule has 0 unspecified atom stereocenters. The second-order valence-electron chi connectivity index (χ2n) is 4.83. The van der Waals surface area contributed by atoms with Crippen molar-refractivity contribution >= 4 is 37.8 Å². The first-order valence-electron chi connectivity index (χ1n) is 6.54. The molecule has 2 aromatic heterocycles. The van der Waals surface area contributed by atoms with E-state index in [1.165, 1.54) is 0 Å². The SMILES string of the molecule is O=C(NCCS(=O)(=O)O)c1cc2c(cn1)[nH]c1ccccc12. The van der Waals surface area contributed by atoms with Gasteiger partial charge < -0.3 is 10.3 Å². The Hall–Kier alpha value is -2.45. The monoisotopic (exact) mass is 319 g/mol. The molecule has 0 saturated carbocycles. The third-order valence-electron chi connectivity index (χ3n) is 3.27. The summed E-state index contributed by atoms with van der Waals surface area (Å²) < 4.78 is 29.9. The molecule has 2 heterocycles. The molecular weight excluding hydrogens is 306 g/mol. The zero-order chi connectivity index (χ0) is 15.7. The maximum absolute atomic E-state index is 12.0. The predicted octanol–water partition coefficient (Wildman–Crippen LogP) is 1.33. The first-order chi connectivity index (χ1) is 10.4. The quantitative estimate of drug-likeness (QED) is 0.628. The van der Waals surface area contributed by atoms with E-state index >= 15 is 0 Å². The van der Waals surface area contributed by atoms with Gasteiger partial charge in [0.1, 0.15) is 5.69 Å². The van der Waals surface area contributed by atoms with E-state index in [0.29, 0.717) is 0 Å². The molecule has 0 aliphatic heterocycles. The van der Waals surface area contributed by atoms with Gasteiger partial charge in [0.05, 0.1) is 17.5 Å². The van der Waals surface area contributed by atoms with E-state index in [4.69, 9.17) is 4.55 Å². The number of amides is 1. The fourth-order valence-corrected chi connectivity index (χ4v) is 2.62. The Bertz CT molecular complexity index is 963. The fourth-order valence-electron chi connectivity index (χ4n) is 2.26. The minimum atomic E-state index is -4.10. The van der Waals surface area contributed by atoms with Crippen LogP contribution in [0.25, 0.3) is 21.8 Å². The average molecular weight is 319 g/mol. The fraction of sp³-hybridized carbons (Fsp3) is 0.143. The molecule has 0 radical (unpaired) electrons. The Morgan fingerprint density at radius 1 is 1.23 bits per heavy atom. The molecule has 7 nitrogen and oxygen atoms in total. The van der Waals surface area contributed by atoms with E-state index in [0.717, 1.165) is 21.8 Å². The topological polar surface area (TPSA) is 112 Å². The Kier molecular flexibility index (Phi) is 3.55. The van der Waals surface area contributed by atoms with E-state index in [-0.39, 0.29) is 12.2 Å². The van der Waals surface area contributed by atoms with Crippen LogP contribution in [0.3, 0.4) is 0 Å². The zero-order valence-corrected chi connectivity index (χ0v) is 12.2. The minimum Gasteiger partial charge on any atom is -0.353 e.